The minimum Gasteiger partial charge on any atom is -0.497 e. The summed E-state index contributed by atoms with van der Waals surface area (Å²) in [6.45, 7) is 1.88. The first-order valence-electron chi connectivity index (χ1n) is 9.96. The summed E-state index contributed by atoms with van der Waals surface area (Å²) in [7, 11) is -2.28. The highest BCUT2D eigenvalue weighted by molar-refractivity contribution is 7.89. The van der Waals surface area contributed by atoms with Crippen molar-refractivity contribution in [1.82, 2.24) is 4.72 Å². The van der Waals surface area contributed by atoms with Gasteiger partial charge in [0.15, 0.2) is 5.78 Å². The highest BCUT2D eigenvalue weighted by atomic mass is 35.5. The van der Waals surface area contributed by atoms with Crippen molar-refractivity contribution in [2.45, 2.75) is 24.3 Å². The van der Waals surface area contributed by atoms with Gasteiger partial charge in [-0.05, 0) is 60.5 Å². The van der Waals surface area contributed by atoms with Crippen LogP contribution in [0.1, 0.15) is 29.2 Å². The second-order valence-electron chi connectivity index (χ2n) is 7.32. The van der Waals surface area contributed by atoms with Gasteiger partial charge in [-0.2, -0.15) is 0 Å². The topological polar surface area (TPSA) is 72.5 Å². The fourth-order valence-corrected chi connectivity index (χ4v) is 4.42. The van der Waals surface area contributed by atoms with Crippen molar-refractivity contribution in [1.29, 1.82) is 0 Å². The van der Waals surface area contributed by atoms with Crippen LogP contribution in [0.5, 0.6) is 5.75 Å². The Balaban J connectivity index is 1.83. The first kappa shape index (κ1) is 23.7. The number of allylic oxidation sites excluding steroid dienone is 1. The van der Waals surface area contributed by atoms with Gasteiger partial charge in [0.1, 0.15) is 5.75 Å². The number of aryl methyl sites for hydroxylation is 1. The van der Waals surface area contributed by atoms with Crippen LogP contribution in [0.25, 0.3) is 6.08 Å². The largest absolute Gasteiger partial charge is 0.497 e. The average molecular weight is 470 g/mol. The Bertz CT molecular complexity index is 1190. The molecular weight excluding hydrogens is 446 g/mol. The molecule has 32 heavy (non-hydrogen) atoms. The van der Waals surface area contributed by atoms with Crippen LogP contribution in [0.4, 0.5) is 0 Å². The number of hydrogen-bond donors (Lipinski definition) is 1. The van der Waals surface area contributed by atoms with Crippen LogP contribution in [-0.2, 0) is 14.8 Å². The van der Waals surface area contributed by atoms with Gasteiger partial charge >= 0.3 is 0 Å². The lowest BCUT2D eigenvalue weighted by molar-refractivity contribution is -0.114. The summed E-state index contributed by atoms with van der Waals surface area (Å²) in [6.07, 6.45) is 3.08. The number of ketones is 1. The third-order valence-electron chi connectivity index (χ3n) is 4.88. The third kappa shape index (κ3) is 6.53. The zero-order chi connectivity index (χ0) is 23.1. The average Bonchev–Trinajstić information content (AvgIpc) is 2.78. The summed E-state index contributed by atoms with van der Waals surface area (Å²) in [6, 6.07) is 19.9. The van der Waals surface area contributed by atoms with Gasteiger partial charge in [-0.25, -0.2) is 13.1 Å². The van der Waals surface area contributed by atoms with Gasteiger partial charge in [0.05, 0.1) is 18.0 Å². The Kier molecular flexibility index (Phi) is 7.85. The Morgan fingerprint density at radius 2 is 1.62 bits per heavy atom. The van der Waals surface area contributed by atoms with Crippen molar-refractivity contribution in [3.8, 4) is 5.75 Å². The minimum absolute atomic E-state index is 0.0402. The number of nitrogens with one attached hydrogen (secondary N) is 1. The first-order valence-corrected chi connectivity index (χ1v) is 11.8. The number of carbonyl (C=O) groups is 1. The predicted molar refractivity (Wildman–Crippen MR) is 127 cm³/mol. The standard InChI is InChI=1S/C25H24ClNO4S/c1-18-3-15-24(16-4-18)32(29,30)27-25(20-8-13-23(31-2)14-9-20)17-22(28)12-7-19-5-10-21(26)11-6-19/h3-16,25,27H,17H2,1-2H3/b12-7+. The van der Waals surface area contributed by atoms with E-state index in [4.69, 9.17) is 16.3 Å². The van der Waals surface area contributed by atoms with Crippen molar-refractivity contribution in [3.05, 3.63) is 101 Å². The van der Waals surface area contributed by atoms with Crippen LogP contribution in [-0.4, -0.2) is 21.3 Å². The molecule has 0 heterocycles. The lowest BCUT2D eigenvalue weighted by Gasteiger charge is -2.19. The van der Waals surface area contributed by atoms with E-state index >= 15 is 0 Å². The molecule has 1 atom stereocenters. The number of methoxy groups -OCH3 is 1. The van der Waals surface area contributed by atoms with Crippen LogP contribution in [0, 0.1) is 6.92 Å². The van der Waals surface area contributed by atoms with E-state index < -0.39 is 16.1 Å². The van der Waals surface area contributed by atoms with E-state index in [1.165, 1.54) is 6.08 Å². The molecule has 7 heteroatoms. The molecule has 0 aliphatic heterocycles. The molecule has 0 fully saturated rings. The summed E-state index contributed by atoms with van der Waals surface area (Å²) in [5, 5.41) is 0.610. The SMILES string of the molecule is COc1ccc(C(CC(=O)/C=C/c2ccc(Cl)cc2)NS(=O)(=O)c2ccc(C)cc2)cc1. The molecule has 0 bridgehead atoms. The lowest BCUT2D eigenvalue weighted by Crippen LogP contribution is -2.30. The van der Waals surface area contributed by atoms with Crippen molar-refractivity contribution >= 4 is 33.5 Å². The van der Waals surface area contributed by atoms with Crippen LogP contribution >= 0.6 is 11.6 Å². The molecule has 0 saturated carbocycles. The smallest absolute Gasteiger partial charge is 0.241 e. The van der Waals surface area contributed by atoms with E-state index in [9.17, 15) is 13.2 Å². The summed E-state index contributed by atoms with van der Waals surface area (Å²) in [4.78, 5) is 12.8. The van der Waals surface area contributed by atoms with E-state index in [-0.39, 0.29) is 17.1 Å². The molecule has 0 aliphatic carbocycles. The molecule has 3 aromatic carbocycles. The summed E-state index contributed by atoms with van der Waals surface area (Å²) < 4.78 is 33.8. The normalized spacial score (nSPS) is 12.6. The van der Waals surface area contributed by atoms with Gasteiger partial charge in [-0.15, -0.1) is 0 Å². The second kappa shape index (κ2) is 10.6. The van der Waals surface area contributed by atoms with Crippen molar-refractivity contribution in [3.63, 3.8) is 0 Å². The van der Waals surface area contributed by atoms with Crippen molar-refractivity contribution < 1.29 is 17.9 Å². The molecule has 0 saturated heterocycles. The fourth-order valence-electron chi connectivity index (χ4n) is 3.07. The van der Waals surface area contributed by atoms with E-state index in [1.807, 2.05) is 6.92 Å². The Morgan fingerprint density at radius 3 is 2.22 bits per heavy atom. The van der Waals surface area contributed by atoms with Crippen molar-refractivity contribution in [2.24, 2.45) is 0 Å². The molecule has 0 aromatic heterocycles. The molecule has 5 nitrogen and oxygen atoms in total. The zero-order valence-corrected chi connectivity index (χ0v) is 19.4. The zero-order valence-electron chi connectivity index (χ0n) is 17.8. The third-order valence-corrected chi connectivity index (χ3v) is 6.62. The predicted octanol–water partition coefficient (Wildman–Crippen LogP) is 5.35. The Morgan fingerprint density at radius 1 is 1.00 bits per heavy atom. The quantitative estimate of drug-likeness (QED) is 0.429. The number of hydrogen-bond acceptors (Lipinski definition) is 4. The molecule has 0 radical (unpaired) electrons. The van der Waals surface area contributed by atoms with E-state index in [0.717, 1.165) is 11.1 Å². The number of sulfonamides is 1. The molecular formula is C25H24ClNO4S. The van der Waals surface area contributed by atoms with Crippen LogP contribution in [0.3, 0.4) is 0 Å². The van der Waals surface area contributed by atoms with Gasteiger partial charge in [0.2, 0.25) is 10.0 Å². The van der Waals surface area contributed by atoms with E-state index in [1.54, 1.807) is 86.0 Å². The monoisotopic (exact) mass is 469 g/mol. The van der Waals surface area contributed by atoms with Gasteiger partial charge in [0, 0.05) is 11.4 Å². The lowest BCUT2D eigenvalue weighted by atomic mass is 10.0. The number of rotatable bonds is 9. The maximum absolute atomic E-state index is 13.0. The second-order valence-corrected chi connectivity index (χ2v) is 9.47. The Labute approximate surface area is 193 Å². The van der Waals surface area contributed by atoms with Crippen LogP contribution < -0.4 is 9.46 Å². The highest BCUT2D eigenvalue weighted by Gasteiger charge is 2.23. The minimum atomic E-state index is -3.83. The van der Waals surface area contributed by atoms with Crippen LogP contribution in [0.15, 0.2) is 83.8 Å². The molecule has 3 aromatic rings. The van der Waals surface area contributed by atoms with Gasteiger partial charge in [0.25, 0.3) is 0 Å². The van der Waals surface area contributed by atoms with E-state index in [2.05, 4.69) is 4.72 Å². The molecule has 3 rings (SSSR count). The number of ether oxygens (including phenoxy) is 1. The van der Waals surface area contributed by atoms with Gasteiger partial charge < -0.3 is 4.74 Å². The molecule has 0 aliphatic rings. The summed E-state index contributed by atoms with van der Waals surface area (Å²) >= 11 is 5.89. The van der Waals surface area contributed by atoms with Crippen molar-refractivity contribution in [2.75, 3.05) is 7.11 Å². The molecule has 0 amide bonds. The van der Waals surface area contributed by atoms with Crippen LogP contribution in [0.2, 0.25) is 5.02 Å². The number of carbonyl (C=O) groups excluding carboxylic acids is 1. The Hall–Kier alpha value is -2.93. The summed E-state index contributed by atoms with van der Waals surface area (Å²) in [5.41, 5.74) is 2.44. The van der Waals surface area contributed by atoms with Gasteiger partial charge in [-0.3, -0.25) is 4.79 Å². The molecule has 166 valence electrons. The number of benzene rings is 3. The maximum Gasteiger partial charge on any atom is 0.241 e. The number of halogens is 1. The van der Waals surface area contributed by atoms with Gasteiger partial charge in [-0.1, -0.05) is 59.6 Å². The fraction of sp³-hybridized carbons (Fsp3) is 0.160. The molecule has 0 spiro atoms. The van der Waals surface area contributed by atoms with E-state index in [0.29, 0.717) is 16.3 Å². The summed E-state index contributed by atoms with van der Waals surface area (Å²) in [5.74, 6) is 0.426. The molecule has 1 N–H and O–H groups in total. The maximum atomic E-state index is 13.0. The highest BCUT2D eigenvalue weighted by Crippen LogP contribution is 2.24. The first-order chi connectivity index (χ1) is 15.3. The molecule has 1 unspecified atom stereocenters.